The lowest BCUT2D eigenvalue weighted by molar-refractivity contribution is -0.117. The van der Waals surface area contributed by atoms with E-state index < -0.39 is 0 Å². The molecule has 1 atom stereocenters. The van der Waals surface area contributed by atoms with Gasteiger partial charge in [-0.2, -0.15) is 0 Å². The summed E-state index contributed by atoms with van der Waals surface area (Å²) in [5.41, 5.74) is 2.30. The molecule has 4 rings (SSSR count). The van der Waals surface area contributed by atoms with Crippen molar-refractivity contribution in [2.24, 2.45) is 0 Å². The number of fused-ring (bicyclic) bond motifs is 1. The van der Waals surface area contributed by atoms with Gasteiger partial charge in [0.25, 0.3) is 5.91 Å². The first-order valence-electron chi connectivity index (χ1n) is 10.5. The van der Waals surface area contributed by atoms with Crippen LogP contribution in [0.3, 0.4) is 0 Å². The van der Waals surface area contributed by atoms with E-state index in [4.69, 9.17) is 9.47 Å². The molecule has 1 saturated heterocycles. The third-order valence-corrected chi connectivity index (χ3v) is 5.41. The van der Waals surface area contributed by atoms with E-state index in [1.807, 2.05) is 19.1 Å². The van der Waals surface area contributed by atoms with Crippen molar-refractivity contribution in [3.8, 4) is 11.5 Å². The van der Waals surface area contributed by atoms with E-state index in [1.165, 1.54) is 0 Å². The Bertz CT molecular complexity index is 930. The van der Waals surface area contributed by atoms with Crippen molar-refractivity contribution < 1.29 is 19.1 Å². The number of carbonyl (C=O) groups is 2. The number of amides is 2. The van der Waals surface area contributed by atoms with Gasteiger partial charge in [0.1, 0.15) is 13.2 Å². The first-order chi connectivity index (χ1) is 14.6. The highest BCUT2D eigenvalue weighted by atomic mass is 16.6. The fraction of sp³-hybridized carbons (Fsp3) is 0.391. The van der Waals surface area contributed by atoms with Crippen LogP contribution in [0.5, 0.6) is 11.5 Å². The molecule has 2 N–H and O–H groups in total. The van der Waals surface area contributed by atoms with Crippen LogP contribution in [0.15, 0.2) is 42.5 Å². The highest BCUT2D eigenvalue weighted by molar-refractivity contribution is 5.97. The SMILES string of the molecule is CCNC(=O)c1cccc(NC(=O)CN2CCC[C@H]2c2ccc3c(c2)OCCO3)c1. The van der Waals surface area contributed by atoms with Crippen molar-refractivity contribution in [3.63, 3.8) is 0 Å². The second-order valence-corrected chi connectivity index (χ2v) is 7.52. The molecule has 2 aliphatic heterocycles. The second kappa shape index (κ2) is 9.17. The second-order valence-electron chi connectivity index (χ2n) is 7.52. The van der Waals surface area contributed by atoms with Gasteiger partial charge >= 0.3 is 0 Å². The first-order valence-corrected chi connectivity index (χ1v) is 10.5. The van der Waals surface area contributed by atoms with E-state index in [2.05, 4.69) is 21.6 Å². The fourth-order valence-corrected chi connectivity index (χ4v) is 4.05. The minimum absolute atomic E-state index is 0.0903. The molecule has 30 heavy (non-hydrogen) atoms. The molecule has 158 valence electrons. The molecule has 0 aliphatic carbocycles. The molecule has 1 fully saturated rings. The Kier molecular flexibility index (Phi) is 6.18. The molecule has 2 amide bonds. The maximum atomic E-state index is 12.7. The molecule has 0 unspecified atom stereocenters. The normalized spacial score (nSPS) is 18.1. The van der Waals surface area contributed by atoms with Crippen LogP contribution in [-0.4, -0.2) is 49.6 Å². The lowest BCUT2D eigenvalue weighted by Crippen LogP contribution is -2.33. The lowest BCUT2D eigenvalue weighted by atomic mass is 10.0. The summed E-state index contributed by atoms with van der Waals surface area (Å²) in [6, 6.07) is 13.2. The predicted molar refractivity (Wildman–Crippen MR) is 114 cm³/mol. The topological polar surface area (TPSA) is 79.9 Å². The molecule has 0 spiro atoms. The average Bonchev–Trinajstić information content (AvgIpc) is 3.21. The summed E-state index contributed by atoms with van der Waals surface area (Å²) in [5, 5.41) is 5.69. The fourth-order valence-electron chi connectivity index (χ4n) is 4.05. The number of carbonyl (C=O) groups excluding carboxylic acids is 2. The lowest BCUT2D eigenvalue weighted by Gasteiger charge is -2.26. The Labute approximate surface area is 176 Å². The first kappa shape index (κ1) is 20.2. The van der Waals surface area contributed by atoms with Gasteiger partial charge in [-0.05, 0) is 62.2 Å². The van der Waals surface area contributed by atoms with Gasteiger partial charge in [-0.25, -0.2) is 0 Å². The molecule has 2 aromatic rings. The van der Waals surface area contributed by atoms with Gasteiger partial charge in [0.15, 0.2) is 11.5 Å². The number of nitrogens with zero attached hydrogens (tertiary/aromatic N) is 1. The monoisotopic (exact) mass is 409 g/mol. The van der Waals surface area contributed by atoms with Crippen molar-refractivity contribution >= 4 is 17.5 Å². The van der Waals surface area contributed by atoms with E-state index in [-0.39, 0.29) is 17.9 Å². The Morgan fingerprint density at radius 1 is 1.10 bits per heavy atom. The number of nitrogens with one attached hydrogen (secondary N) is 2. The van der Waals surface area contributed by atoms with Gasteiger partial charge in [-0.1, -0.05) is 12.1 Å². The molecule has 0 saturated carbocycles. The summed E-state index contributed by atoms with van der Waals surface area (Å²) in [6.07, 6.45) is 2.04. The summed E-state index contributed by atoms with van der Waals surface area (Å²) in [7, 11) is 0. The smallest absolute Gasteiger partial charge is 0.251 e. The van der Waals surface area contributed by atoms with E-state index >= 15 is 0 Å². The van der Waals surface area contributed by atoms with E-state index in [0.29, 0.717) is 37.6 Å². The Morgan fingerprint density at radius 2 is 1.93 bits per heavy atom. The molecule has 2 aliphatic rings. The maximum absolute atomic E-state index is 12.7. The quantitative estimate of drug-likeness (QED) is 0.767. The molecular formula is C23H27N3O4. The zero-order valence-corrected chi connectivity index (χ0v) is 17.1. The Hall–Kier alpha value is -3.06. The van der Waals surface area contributed by atoms with Crippen LogP contribution in [0.1, 0.15) is 41.7 Å². The van der Waals surface area contributed by atoms with Crippen LogP contribution in [0.2, 0.25) is 0 Å². The van der Waals surface area contributed by atoms with Gasteiger partial charge < -0.3 is 20.1 Å². The average molecular weight is 409 g/mol. The largest absolute Gasteiger partial charge is 0.486 e. The molecule has 7 nitrogen and oxygen atoms in total. The van der Waals surface area contributed by atoms with E-state index in [1.54, 1.807) is 24.3 Å². The minimum Gasteiger partial charge on any atom is -0.486 e. The van der Waals surface area contributed by atoms with Crippen LogP contribution in [0.4, 0.5) is 5.69 Å². The zero-order chi connectivity index (χ0) is 20.9. The number of ether oxygens (including phenoxy) is 2. The molecule has 2 heterocycles. The van der Waals surface area contributed by atoms with Crippen LogP contribution < -0.4 is 20.1 Å². The van der Waals surface area contributed by atoms with Gasteiger partial charge in [0, 0.05) is 23.8 Å². The van der Waals surface area contributed by atoms with Gasteiger partial charge in [0.05, 0.1) is 6.54 Å². The highest BCUT2D eigenvalue weighted by Crippen LogP contribution is 2.37. The molecule has 7 heteroatoms. The van der Waals surface area contributed by atoms with E-state index in [0.717, 1.165) is 36.4 Å². The molecule has 0 bridgehead atoms. The van der Waals surface area contributed by atoms with Crippen molar-refractivity contribution in [2.45, 2.75) is 25.8 Å². The van der Waals surface area contributed by atoms with E-state index in [9.17, 15) is 9.59 Å². The number of likely N-dealkylation sites (tertiary alicyclic amines) is 1. The molecule has 0 aromatic heterocycles. The van der Waals surface area contributed by atoms with Crippen LogP contribution >= 0.6 is 0 Å². The van der Waals surface area contributed by atoms with Gasteiger partial charge in [0.2, 0.25) is 5.91 Å². The number of hydrogen-bond donors (Lipinski definition) is 2. The maximum Gasteiger partial charge on any atom is 0.251 e. The molecular weight excluding hydrogens is 382 g/mol. The molecule has 0 radical (unpaired) electrons. The molecule has 2 aromatic carbocycles. The summed E-state index contributed by atoms with van der Waals surface area (Å²) < 4.78 is 11.3. The number of anilines is 1. The summed E-state index contributed by atoms with van der Waals surface area (Å²) >= 11 is 0. The van der Waals surface area contributed by atoms with Crippen molar-refractivity contribution in [1.29, 1.82) is 0 Å². The summed E-state index contributed by atoms with van der Waals surface area (Å²) in [5.74, 6) is 1.32. The summed E-state index contributed by atoms with van der Waals surface area (Å²) in [6.45, 7) is 4.73. The number of rotatable bonds is 6. The van der Waals surface area contributed by atoms with Crippen LogP contribution in [0.25, 0.3) is 0 Å². The van der Waals surface area contributed by atoms with Crippen molar-refractivity contribution in [2.75, 3.05) is 38.2 Å². The minimum atomic E-state index is -0.146. The van der Waals surface area contributed by atoms with Crippen LogP contribution in [0, 0.1) is 0 Å². The predicted octanol–water partition coefficient (Wildman–Crippen LogP) is 2.98. The van der Waals surface area contributed by atoms with Gasteiger partial charge in [-0.3, -0.25) is 14.5 Å². The van der Waals surface area contributed by atoms with Crippen LogP contribution in [-0.2, 0) is 4.79 Å². The highest BCUT2D eigenvalue weighted by Gasteiger charge is 2.28. The number of benzene rings is 2. The zero-order valence-electron chi connectivity index (χ0n) is 17.1. The third-order valence-electron chi connectivity index (χ3n) is 5.41. The van der Waals surface area contributed by atoms with Crippen molar-refractivity contribution in [1.82, 2.24) is 10.2 Å². The van der Waals surface area contributed by atoms with Gasteiger partial charge in [-0.15, -0.1) is 0 Å². The third kappa shape index (κ3) is 4.57. The summed E-state index contributed by atoms with van der Waals surface area (Å²) in [4.78, 5) is 26.9. The standard InChI is InChI=1S/C23H27N3O4/c1-2-24-23(28)17-5-3-6-18(13-17)25-22(27)15-26-10-4-7-19(26)16-8-9-20-21(14-16)30-12-11-29-20/h3,5-6,8-9,13-14,19H,2,4,7,10-12,15H2,1H3,(H,24,28)(H,25,27)/t19-/m0/s1. The number of hydrogen-bond acceptors (Lipinski definition) is 5. The Morgan fingerprint density at radius 3 is 2.77 bits per heavy atom. The Balaban J connectivity index is 1.40. The van der Waals surface area contributed by atoms with Crippen molar-refractivity contribution in [3.05, 3.63) is 53.6 Å².